The molecule has 11 heteroatoms. The number of pyridine rings is 1. The molecule has 1 saturated heterocycles. The van der Waals surface area contributed by atoms with Crippen LogP contribution >= 0.6 is 11.3 Å². The first-order valence-corrected chi connectivity index (χ1v) is 12.6. The number of carbonyl (C=O) groups excluding carboxylic acids is 1. The second-order valence-electron chi connectivity index (χ2n) is 8.88. The summed E-state index contributed by atoms with van der Waals surface area (Å²) in [5.41, 5.74) is 4.47. The van der Waals surface area contributed by atoms with E-state index in [2.05, 4.69) is 20.5 Å². The minimum absolute atomic E-state index is 0.0628. The minimum Gasteiger partial charge on any atom is -0.465 e. The highest BCUT2D eigenvalue weighted by Crippen LogP contribution is 2.37. The summed E-state index contributed by atoms with van der Waals surface area (Å²) in [6, 6.07) is 12.2. The molecule has 37 heavy (non-hydrogen) atoms. The van der Waals surface area contributed by atoms with Gasteiger partial charge in [-0.25, -0.2) is 14.8 Å². The molecule has 1 unspecified atom stereocenters. The van der Waals surface area contributed by atoms with Crippen molar-refractivity contribution < 1.29 is 19.1 Å². The smallest absolute Gasteiger partial charge is 0.409 e. The summed E-state index contributed by atoms with van der Waals surface area (Å²) < 4.78 is 15.3. The van der Waals surface area contributed by atoms with Gasteiger partial charge in [-0.1, -0.05) is 0 Å². The maximum atomic E-state index is 13.5. The zero-order valence-corrected chi connectivity index (χ0v) is 20.8. The van der Waals surface area contributed by atoms with Crippen LogP contribution in [0.15, 0.2) is 60.2 Å². The van der Waals surface area contributed by atoms with Crippen molar-refractivity contribution in [2.75, 3.05) is 22.1 Å². The Bertz CT molecular complexity index is 1430. The Labute approximate surface area is 216 Å². The van der Waals surface area contributed by atoms with Gasteiger partial charge in [-0.2, -0.15) is 4.39 Å². The molecule has 0 saturated carbocycles. The zero-order valence-electron chi connectivity index (χ0n) is 20.0. The van der Waals surface area contributed by atoms with Crippen molar-refractivity contribution in [3.05, 3.63) is 88.7 Å². The van der Waals surface area contributed by atoms with Gasteiger partial charge < -0.3 is 14.6 Å². The van der Waals surface area contributed by atoms with Crippen molar-refractivity contribution in [2.24, 2.45) is 0 Å². The molecule has 1 aliphatic heterocycles. The highest BCUT2D eigenvalue weighted by Gasteiger charge is 2.28. The molecular formula is C26H25FN6O3S. The number of nitrogens with one attached hydrogen (secondary N) is 2. The van der Waals surface area contributed by atoms with Crippen molar-refractivity contribution in [2.45, 2.75) is 32.4 Å². The Morgan fingerprint density at radius 1 is 1.19 bits per heavy atom. The molecule has 0 radical (unpaired) electrons. The molecule has 1 fully saturated rings. The fourth-order valence-electron chi connectivity index (χ4n) is 4.62. The molecule has 1 atom stereocenters. The highest BCUT2D eigenvalue weighted by atomic mass is 32.1. The van der Waals surface area contributed by atoms with Gasteiger partial charge in [-0.3, -0.25) is 15.4 Å². The van der Waals surface area contributed by atoms with E-state index in [1.165, 1.54) is 23.6 Å². The SMILES string of the molecule is Cc1cc(C(=O)Nc2nc(C3CCCN3c3ccc(NC(=O)O)cc3)cs2)n(Cc2ccnc(F)c2)c1. The van der Waals surface area contributed by atoms with Gasteiger partial charge in [0.05, 0.1) is 11.7 Å². The number of halogens is 1. The van der Waals surface area contributed by atoms with Crippen LogP contribution in [0.25, 0.3) is 0 Å². The molecule has 5 rings (SSSR count). The lowest BCUT2D eigenvalue weighted by Crippen LogP contribution is -2.23. The number of thiazole rings is 1. The zero-order chi connectivity index (χ0) is 25.9. The third kappa shape index (κ3) is 5.61. The van der Waals surface area contributed by atoms with Crippen LogP contribution < -0.4 is 15.5 Å². The van der Waals surface area contributed by atoms with Gasteiger partial charge in [-0.15, -0.1) is 11.3 Å². The van der Waals surface area contributed by atoms with Crippen LogP contribution in [0.2, 0.25) is 0 Å². The number of nitrogens with zero attached hydrogens (tertiary/aromatic N) is 4. The Morgan fingerprint density at radius 3 is 2.76 bits per heavy atom. The number of aryl methyl sites for hydroxylation is 1. The van der Waals surface area contributed by atoms with E-state index < -0.39 is 12.0 Å². The minimum atomic E-state index is -1.10. The lowest BCUT2D eigenvalue weighted by Gasteiger charge is -2.25. The van der Waals surface area contributed by atoms with E-state index in [0.717, 1.165) is 36.3 Å². The lowest BCUT2D eigenvalue weighted by atomic mass is 10.1. The first kappa shape index (κ1) is 24.4. The quantitative estimate of drug-likeness (QED) is 0.277. The summed E-state index contributed by atoms with van der Waals surface area (Å²) in [7, 11) is 0. The van der Waals surface area contributed by atoms with E-state index in [1.54, 1.807) is 28.8 Å². The van der Waals surface area contributed by atoms with Crippen LogP contribution in [0.3, 0.4) is 0 Å². The Kier molecular flexibility index (Phi) is 6.87. The second-order valence-corrected chi connectivity index (χ2v) is 9.74. The molecule has 4 aromatic rings. The van der Waals surface area contributed by atoms with Gasteiger partial charge >= 0.3 is 6.09 Å². The predicted octanol–water partition coefficient (Wildman–Crippen LogP) is 5.52. The average Bonchev–Trinajstić information content (AvgIpc) is 3.59. The summed E-state index contributed by atoms with van der Waals surface area (Å²) >= 11 is 1.37. The molecule has 2 amide bonds. The van der Waals surface area contributed by atoms with Crippen LogP contribution in [0, 0.1) is 12.9 Å². The van der Waals surface area contributed by atoms with Crippen molar-refractivity contribution in [3.63, 3.8) is 0 Å². The van der Waals surface area contributed by atoms with Gasteiger partial charge in [0.2, 0.25) is 5.95 Å². The molecule has 0 aliphatic carbocycles. The van der Waals surface area contributed by atoms with Gasteiger partial charge in [0, 0.05) is 42.2 Å². The highest BCUT2D eigenvalue weighted by molar-refractivity contribution is 7.14. The summed E-state index contributed by atoms with van der Waals surface area (Å²) in [6.45, 7) is 3.11. The van der Waals surface area contributed by atoms with Gasteiger partial charge in [-0.05, 0) is 73.4 Å². The van der Waals surface area contributed by atoms with Crippen LogP contribution in [-0.2, 0) is 6.54 Å². The number of carboxylic acid groups (broad SMARTS) is 1. The first-order valence-electron chi connectivity index (χ1n) is 11.8. The summed E-state index contributed by atoms with van der Waals surface area (Å²) in [5.74, 6) is -0.843. The molecule has 9 nitrogen and oxygen atoms in total. The first-order chi connectivity index (χ1) is 17.9. The maximum absolute atomic E-state index is 13.5. The number of amides is 2. The summed E-state index contributed by atoms with van der Waals surface area (Å²) in [5, 5.41) is 16.6. The molecule has 3 aromatic heterocycles. The van der Waals surface area contributed by atoms with Crippen LogP contribution in [0.5, 0.6) is 0 Å². The third-order valence-corrected chi connectivity index (χ3v) is 6.97. The summed E-state index contributed by atoms with van der Waals surface area (Å²) in [6.07, 6.45) is 4.09. The Balaban J connectivity index is 1.29. The van der Waals surface area contributed by atoms with E-state index in [-0.39, 0.29) is 11.9 Å². The fourth-order valence-corrected chi connectivity index (χ4v) is 5.37. The van der Waals surface area contributed by atoms with Crippen molar-refractivity contribution in [1.29, 1.82) is 0 Å². The van der Waals surface area contributed by atoms with Crippen molar-refractivity contribution >= 4 is 39.8 Å². The van der Waals surface area contributed by atoms with Crippen molar-refractivity contribution in [3.8, 4) is 0 Å². The number of hydrogen-bond acceptors (Lipinski definition) is 6. The van der Waals surface area contributed by atoms with Crippen LogP contribution in [0.4, 0.5) is 25.7 Å². The number of rotatable bonds is 7. The number of benzene rings is 1. The van der Waals surface area contributed by atoms with Crippen LogP contribution in [-0.4, -0.2) is 38.2 Å². The van der Waals surface area contributed by atoms with Gasteiger partial charge in [0.15, 0.2) is 5.13 Å². The molecule has 1 aliphatic rings. The van der Waals surface area contributed by atoms with Crippen molar-refractivity contribution in [1.82, 2.24) is 14.5 Å². The number of carbonyl (C=O) groups is 2. The number of aromatic nitrogens is 3. The summed E-state index contributed by atoms with van der Waals surface area (Å²) in [4.78, 5) is 34.5. The predicted molar refractivity (Wildman–Crippen MR) is 140 cm³/mol. The number of hydrogen-bond donors (Lipinski definition) is 3. The molecule has 4 heterocycles. The number of anilines is 3. The largest absolute Gasteiger partial charge is 0.465 e. The molecule has 0 spiro atoms. The normalized spacial score (nSPS) is 15.1. The fraction of sp³-hybridized carbons (Fsp3) is 0.231. The van der Waals surface area contributed by atoms with Gasteiger partial charge in [0.25, 0.3) is 5.91 Å². The molecule has 1 aromatic carbocycles. The average molecular weight is 521 g/mol. The molecule has 3 N–H and O–H groups in total. The van der Waals surface area contributed by atoms with E-state index in [9.17, 15) is 14.0 Å². The molecule has 0 bridgehead atoms. The molecular weight excluding hydrogens is 495 g/mol. The standard InChI is InChI=1S/C26H25FN6O3S/c1-16-11-22(32(13-16)14-17-8-9-28-23(27)12-17)24(34)31-25-30-20(15-37-25)21-3-2-10-33(21)19-6-4-18(5-7-19)29-26(35)36/h4-9,11-13,15,21,29H,2-3,10,14H2,1H3,(H,35,36)(H,30,31,34). The topological polar surface area (TPSA) is 112 Å². The Hall–Kier alpha value is -4.25. The third-order valence-electron chi connectivity index (χ3n) is 6.20. The molecule has 190 valence electrons. The van der Waals surface area contributed by atoms with E-state index in [1.807, 2.05) is 30.6 Å². The maximum Gasteiger partial charge on any atom is 0.409 e. The van der Waals surface area contributed by atoms with E-state index in [0.29, 0.717) is 28.6 Å². The van der Waals surface area contributed by atoms with E-state index in [4.69, 9.17) is 10.1 Å². The Morgan fingerprint density at radius 2 is 2.00 bits per heavy atom. The second kappa shape index (κ2) is 10.4. The van der Waals surface area contributed by atoms with Crippen LogP contribution in [0.1, 0.15) is 46.2 Å². The lowest BCUT2D eigenvalue weighted by molar-refractivity contribution is 0.101. The monoisotopic (exact) mass is 520 g/mol. The van der Waals surface area contributed by atoms with E-state index >= 15 is 0 Å². The van der Waals surface area contributed by atoms with Gasteiger partial charge in [0.1, 0.15) is 5.69 Å².